The van der Waals surface area contributed by atoms with Crippen LogP contribution in [0, 0.1) is 0 Å². The zero-order chi connectivity index (χ0) is 27.6. The molecule has 2 amide bonds. The van der Waals surface area contributed by atoms with Crippen LogP contribution in [0.3, 0.4) is 0 Å². The normalized spacial score (nSPS) is 15.4. The van der Waals surface area contributed by atoms with Crippen molar-refractivity contribution in [3.63, 3.8) is 0 Å². The number of halogens is 6. The summed E-state index contributed by atoms with van der Waals surface area (Å²) in [5.41, 5.74) is -3.54. The second-order valence-corrected chi connectivity index (χ2v) is 9.04. The molecule has 0 aliphatic carbocycles. The topological polar surface area (TPSA) is 55.8 Å². The molecule has 38 heavy (non-hydrogen) atoms. The smallest absolute Gasteiger partial charge is 0.369 e. The van der Waals surface area contributed by atoms with Gasteiger partial charge in [-0.15, -0.1) is 0 Å². The summed E-state index contributed by atoms with van der Waals surface area (Å²) in [5, 5.41) is 12.4. The Balaban J connectivity index is 1.35. The van der Waals surface area contributed by atoms with Crippen LogP contribution in [0.1, 0.15) is 11.1 Å². The van der Waals surface area contributed by atoms with Crippen molar-refractivity contribution in [3.05, 3.63) is 90.0 Å². The van der Waals surface area contributed by atoms with Crippen LogP contribution in [-0.4, -0.2) is 59.5 Å². The zero-order valence-electron chi connectivity index (χ0n) is 20.1. The minimum Gasteiger partial charge on any atom is -0.369 e. The van der Waals surface area contributed by atoms with Gasteiger partial charge in [0.15, 0.2) is 0 Å². The Morgan fingerprint density at radius 3 is 1.74 bits per heavy atom. The van der Waals surface area contributed by atoms with E-state index in [1.807, 2.05) is 42.5 Å². The predicted octanol–water partition coefficient (Wildman–Crippen LogP) is 6.02. The van der Waals surface area contributed by atoms with Gasteiger partial charge in [0.05, 0.1) is 0 Å². The number of aliphatic hydroxyl groups is 1. The number of anilines is 1. The monoisotopic (exact) mass is 537 g/mol. The molecule has 1 aliphatic rings. The Kier molecular flexibility index (Phi) is 7.70. The van der Waals surface area contributed by atoms with Crippen molar-refractivity contribution in [2.24, 2.45) is 0 Å². The number of amides is 2. The van der Waals surface area contributed by atoms with Crippen LogP contribution < -0.4 is 5.32 Å². The molecular formula is C27H25F6N3O2. The van der Waals surface area contributed by atoms with Crippen molar-refractivity contribution in [1.29, 1.82) is 0 Å². The maximum absolute atomic E-state index is 13.1. The molecule has 0 radical (unpaired) electrons. The van der Waals surface area contributed by atoms with E-state index in [-0.39, 0.29) is 6.03 Å². The van der Waals surface area contributed by atoms with Crippen LogP contribution in [0.15, 0.2) is 78.9 Å². The predicted molar refractivity (Wildman–Crippen MR) is 130 cm³/mol. The van der Waals surface area contributed by atoms with Crippen molar-refractivity contribution in [3.8, 4) is 11.1 Å². The first-order valence-corrected chi connectivity index (χ1v) is 11.8. The Morgan fingerprint density at radius 2 is 1.24 bits per heavy atom. The highest BCUT2D eigenvalue weighted by atomic mass is 19.4. The Hall–Kier alpha value is -3.57. The molecule has 0 bridgehead atoms. The lowest BCUT2D eigenvalue weighted by molar-refractivity contribution is -0.376. The Bertz CT molecular complexity index is 1210. The van der Waals surface area contributed by atoms with Gasteiger partial charge in [-0.25, -0.2) is 4.79 Å². The zero-order valence-corrected chi connectivity index (χ0v) is 20.1. The summed E-state index contributed by atoms with van der Waals surface area (Å²) in [6.45, 7) is 3.09. The average Bonchev–Trinajstić information content (AvgIpc) is 2.88. The molecule has 5 nitrogen and oxygen atoms in total. The first kappa shape index (κ1) is 27.5. The molecule has 11 heteroatoms. The van der Waals surface area contributed by atoms with Crippen LogP contribution in [0.4, 0.5) is 36.8 Å². The molecule has 0 saturated carbocycles. The summed E-state index contributed by atoms with van der Waals surface area (Å²) in [7, 11) is 0. The molecule has 1 saturated heterocycles. The van der Waals surface area contributed by atoms with Gasteiger partial charge in [0.2, 0.25) is 0 Å². The van der Waals surface area contributed by atoms with Crippen LogP contribution in [-0.2, 0) is 12.1 Å². The standard InChI is InChI=1S/C27H25F6N3O2/c28-26(29,30)25(38,27(31,32)33)22-12-10-21(11-13-22)20-8-6-19(7-9-20)18-35-14-16-36(17-15-35)24(37)34-23-4-2-1-3-5-23/h1-13,38H,14-18H2,(H,34,37). The van der Waals surface area contributed by atoms with Gasteiger partial charge in [0.25, 0.3) is 5.60 Å². The highest BCUT2D eigenvalue weighted by Gasteiger charge is 2.71. The number of para-hydroxylation sites is 1. The van der Waals surface area contributed by atoms with Crippen LogP contribution >= 0.6 is 0 Å². The number of hydrogen-bond donors (Lipinski definition) is 2. The van der Waals surface area contributed by atoms with E-state index >= 15 is 0 Å². The summed E-state index contributed by atoms with van der Waals surface area (Å²) in [6, 6.07) is 19.7. The molecule has 1 heterocycles. The quantitative estimate of drug-likeness (QED) is 0.392. The van der Waals surface area contributed by atoms with Crippen LogP contribution in [0.5, 0.6) is 0 Å². The third-order valence-corrected chi connectivity index (χ3v) is 6.50. The highest BCUT2D eigenvalue weighted by molar-refractivity contribution is 5.89. The van der Waals surface area contributed by atoms with Crippen molar-refractivity contribution < 1.29 is 36.2 Å². The number of benzene rings is 3. The largest absolute Gasteiger partial charge is 0.430 e. The van der Waals surface area contributed by atoms with Gasteiger partial charge in [-0.1, -0.05) is 66.7 Å². The lowest BCUT2D eigenvalue weighted by Crippen LogP contribution is -2.53. The number of urea groups is 1. The SMILES string of the molecule is O=C(Nc1ccccc1)N1CCN(Cc2ccc(-c3ccc(C(O)(C(F)(F)F)C(F)(F)F)cc3)cc2)CC1. The molecule has 0 spiro atoms. The van der Waals surface area contributed by atoms with E-state index in [2.05, 4.69) is 10.2 Å². The number of rotatable bonds is 5. The summed E-state index contributed by atoms with van der Waals surface area (Å²) >= 11 is 0. The number of alkyl halides is 6. The molecule has 4 rings (SSSR count). The van der Waals surface area contributed by atoms with Crippen molar-refractivity contribution >= 4 is 11.7 Å². The first-order chi connectivity index (χ1) is 17.9. The summed E-state index contributed by atoms with van der Waals surface area (Å²) in [6.07, 6.45) is -11.9. The fraction of sp³-hybridized carbons (Fsp3) is 0.296. The lowest BCUT2D eigenvalue weighted by atomic mass is 9.90. The summed E-state index contributed by atoms with van der Waals surface area (Å²) in [5.74, 6) is 0. The van der Waals surface area contributed by atoms with E-state index in [1.54, 1.807) is 17.0 Å². The van der Waals surface area contributed by atoms with Gasteiger partial charge >= 0.3 is 18.4 Å². The third-order valence-electron chi connectivity index (χ3n) is 6.50. The van der Waals surface area contributed by atoms with Gasteiger partial charge in [0.1, 0.15) is 0 Å². The minimum atomic E-state index is -5.93. The average molecular weight is 538 g/mol. The maximum atomic E-state index is 13.1. The second-order valence-electron chi connectivity index (χ2n) is 9.04. The maximum Gasteiger partial charge on any atom is 0.430 e. The van der Waals surface area contributed by atoms with Crippen molar-refractivity contribution in [2.45, 2.75) is 24.5 Å². The molecule has 3 aromatic rings. The lowest BCUT2D eigenvalue weighted by Gasteiger charge is -2.34. The van der Waals surface area contributed by atoms with Crippen LogP contribution in [0.2, 0.25) is 0 Å². The molecule has 0 aromatic heterocycles. The van der Waals surface area contributed by atoms with Crippen LogP contribution in [0.25, 0.3) is 11.1 Å². The third kappa shape index (κ3) is 5.78. The van der Waals surface area contributed by atoms with Gasteiger partial charge in [-0.2, -0.15) is 26.3 Å². The van der Waals surface area contributed by atoms with Gasteiger partial charge in [-0.05, 0) is 28.8 Å². The number of nitrogens with one attached hydrogen (secondary N) is 1. The Labute approximate surface area is 215 Å². The van der Waals surface area contributed by atoms with Gasteiger partial charge in [-0.3, -0.25) is 4.90 Å². The minimum absolute atomic E-state index is 0.157. The van der Waals surface area contributed by atoms with E-state index in [4.69, 9.17) is 0 Å². The number of nitrogens with zero attached hydrogens (tertiary/aromatic N) is 2. The molecule has 1 fully saturated rings. The highest BCUT2D eigenvalue weighted by Crippen LogP contribution is 2.50. The molecule has 0 atom stereocenters. The van der Waals surface area contributed by atoms with Gasteiger partial charge < -0.3 is 15.3 Å². The molecule has 0 unspecified atom stereocenters. The number of piperazine rings is 1. The van der Waals surface area contributed by atoms with E-state index in [0.29, 0.717) is 56.0 Å². The Morgan fingerprint density at radius 1 is 0.737 bits per heavy atom. The van der Waals surface area contributed by atoms with E-state index in [9.17, 15) is 36.2 Å². The number of carbonyl (C=O) groups is 1. The second kappa shape index (κ2) is 10.7. The van der Waals surface area contributed by atoms with Gasteiger partial charge in [0, 0.05) is 44.0 Å². The number of carbonyl (C=O) groups excluding carboxylic acids is 1. The van der Waals surface area contributed by atoms with E-state index in [0.717, 1.165) is 23.4 Å². The van der Waals surface area contributed by atoms with Crippen molar-refractivity contribution in [2.75, 3.05) is 31.5 Å². The fourth-order valence-electron chi connectivity index (χ4n) is 4.29. The first-order valence-electron chi connectivity index (χ1n) is 11.8. The number of hydrogen-bond acceptors (Lipinski definition) is 3. The molecular weight excluding hydrogens is 512 g/mol. The molecule has 2 N–H and O–H groups in total. The summed E-state index contributed by atoms with van der Waals surface area (Å²) < 4.78 is 78.6. The summed E-state index contributed by atoms with van der Waals surface area (Å²) in [4.78, 5) is 16.4. The van der Waals surface area contributed by atoms with E-state index in [1.165, 1.54) is 0 Å². The molecule has 202 valence electrons. The molecule has 1 aliphatic heterocycles. The fourth-order valence-corrected chi connectivity index (χ4v) is 4.29. The van der Waals surface area contributed by atoms with E-state index < -0.39 is 23.5 Å². The van der Waals surface area contributed by atoms with Crippen molar-refractivity contribution in [1.82, 2.24) is 9.80 Å². The molecule has 3 aromatic carbocycles.